The predicted molar refractivity (Wildman–Crippen MR) is 116 cm³/mol. The number of carbonyl (C=O) groups is 2. The fourth-order valence-corrected chi connectivity index (χ4v) is 3.73. The summed E-state index contributed by atoms with van der Waals surface area (Å²) >= 11 is 0. The third-order valence-electron chi connectivity index (χ3n) is 5.23. The largest absolute Gasteiger partial charge is 0.507 e. The first-order chi connectivity index (χ1) is 14.9. The lowest BCUT2D eigenvalue weighted by molar-refractivity contribution is -0.385. The molecule has 7 heteroatoms. The molecule has 7 nitrogen and oxygen atoms in total. The molecular weight excluding hydrogens is 396 g/mol. The van der Waals surface area contributed by atoms with Gasteiger partial charge in [-0.05, 0) is 25.1 Å². The molecule has 0 aromatic heterocycles. The van der Waals surface area contributed by atoms with Crippen molar-refractivity contribution < 1.29 is 19.6 Å². The lowest BCUT2D eigenvalue weighted by Crippen LogP contribution is -2.29. The smallest absolute Gasteiger partial charge is 0.300 e. The fraction of sp³-hybridized carbons (Fsp3) is 0.0833. The highest BCUT2D eigenvalue weighted by atomic mass is 16.6. The van der Waals surface area contributed by atoms with Crippen LogP contribution in [-0.4, -0.2) is 21.7 Å². The first-order valence-electron chi connectivity index (χ1n) is 9.56. The van der Waals surface area contributed by atoms with E-state index >= 15 is 0 Å². The Balaban J connectivity index is 2.01. The Morgan fingerprint density at radius 3 is 2.19 bits per heavy atom. The molecule has 0 saturated carbocycles. The van der Waals surface area contributed by atoms with Crippen LogP contribution in [0.4, 0.5) is 11.4 Å². The van der Waals surface area contributed by atoms with Crippen LogP contribution in [0.2, 0.25) is 0 Å². The number of aliphatic hydroxyl groups is 1. The van der Waals surface area contributed by atoms with Crippen LogP contribution in [0.5, 0.6) is 0 Å². The number of aryl methyl sites for hydroxylation is 1. The highest BCUT2D eigenvalue weighted by Crippen LogP contribution is 2.44. The zero-order valence-corrected chi connectivity index (χ0v) is 16.6. The minimum atomic E-state index is -1.15. The number of hydrogen-bond acceptors (Lipinski definition) is 5. The van der Waals surface area contributed by atoms with Gasteiger partial charge >= 0.3 is 0 Å². The first kappa shape index (κ1) is 20.0. The Hall–Kier alpha value is -4.26. The van der Waals surface area contributed by atoms with E-state index in [2.05, 4.69) is 0 Å². The van der Waals surface area contributed by atoms with E-state index in [-0.39, 0.29) is 22.6 Å². The maximum Gasteiger partial charge on any atom is 0.300 e. The van der Waals surface area contributed by atoms with E-state index in [1.54, 1.807) is 60.7 Å². The van der Waals surface area contributed by atoms with Crippen molar-refractivity contribution in [3.63, 3.8) is 0 Å². The van der Waals surface area contributed by atoms with Crippen LogP contribution in [0.25, 0.3) is 5.76 Å². The normalized spacial score (nSPS) is 17.7. The van der Waals surface area contributed by atoms with Crippen LogP contribution in [0.1, 0.15) is 22.7 Å². The molecular formula is C24H18N2O5. The van der Waals surface area contributed by atoms with Crippen LogP contribution in [-0.2, 0) is 9.59 Å². The summed E-state index contributed by atoms with van der Waals surface area (Å²) in [4.78, 5) is 38.4. The standard InChI is InChI=1S/C24H18N2O5/c1-15-11-13-16(14-12-15)22(27)20-21(18-9-5-6-10-19(18)26(30)31)25(24(29)23(20)28)17-7-3-2-4-8-17/h2-14,21,27H,1H3. The average Bonchev–Trinajstić information content (AvgIpc) is 3.05. The fourth-order valence-electron chi connectivity index (χ4n) is 3.73. The third-order valence-corrected chi connectivity index (χ3v) is 5.23. The van der Waals surface area contributed by atoms with E-state index in [1.165, 1.54) is 23.1 Å². The number of nitro benzene ring substituents is 1. The number of Topliss-reactive ketones (excluding diaryl/α,β-unsaturated/α-hetero) is 1. The highest BCUT2D eigenvalue weighted by Gasteiger charge is 2.48. The molecule has 3 aromatic rings. The van der Waals surface area contributed by atoms with Gasteiger partial charge in [-0.2, -0.15) is 0 Å². The first-order valence-corrected chi connectivity index (χ1v) is 9.56. The second-order valence-electron chi connectivity index (χ2n) is 7.19. The number of para-hydroxylation sites is 2. The summed E-state index contributed by atoms with van der Waals surface area (Å²) in [5, 5.41) is 22.7. The monoisotopic (exact) mass is 414 g/mol. The van der Waals surface area contributed by atoms with Gasteiger partial charge in [-0.15, -0.1) is 0 Å². The zero-order chi connectivity index (χ0) is 22.1. The van der Waals surface area contributed by atoms with Gasteiger partial charge in [0.15, 0.2) is 0 Å². The minimum Gasteiger partial charge on any atom is -0.507 e. The van der Waals surface area contributed by atoms with E-state index in [1.807, 2.05) is 6.92 Å². The molecule has 1 aliphatic heterocycles. The van der Waals surface area contributed by atoms with Crippen molar-refractivity contribution in [1.29, 1.82) is 0 Å². The molecule has 1 fully saturated rings. The lowest BCUT2D eigenvalue weighted by Gasteiger charge is -2.25. The molecule has 1 atom stereocenters. The molecule has 31 heavy (non-hydrogen) atoms. The number of amides is 1. The molecule has 4 rings (SSSR count). The van der Waals surface area contributed by atoms with Crippen molar-refractivity contribution >= 4 is 28.8 Å². The Morgan fingerprint density at radius 1 is 0.935 bits per heavy atom. The molecule has 0 spiro atoms. The Bertz CT molecular complexity index is 1220. The number of ketones is 1. The zero-order valence-electron chi connectivity index (χ0n) is 16.6. The van der Waals surface area contributed by atoms with Gasteiger partial charge in [0, 0.05) is 17.3 Å². The maximum atomic E-state index is 13.1. The number of aliphatic hydroxyl groups excluding tert-OH is 1. The molecule has 0 aliphatic carbocycles. The Labute approximate surface area is 178 Å². The van der Waals surface area contributed by atoms with Crippen LogP contribution < -0.4 is 4.90 Å². The minimum absolute atomic E-state index is 0.143. The average molecular weight is 414 g/mol. The van der Waals surface area contributed by atoms with Gasteiger partial charge in [0.05, 0.1) is 16.1 Å². The molecule has 0 radical (unpaired) electrons. The quantitative estimate of drug-likeness (QED) is 0.222. The summed E-state index contributed by atoms with van der Waals surface area (Å²) in [5.41, 5.74) is 1.41. The third kappa shape index (κ3) is 3.46. The van der Waals surface area contributed by atoms with E-state index < -0.39 is 22.7 Å². The molecule has 1 saturated heterocycles. The molecule has 1 amide bonds. The summed E-state index contributed by atoms with van der Waals surface area (Å²) in [6, 6.07) is 20.0. The molecule has 0 bridgehead atoms. The second kappa shape index (κ2) is 7.87. The van der Waals surface area contributed by atoms with E-state index in [0.29, 0.717) is 11.3 Å². The summed E-state index contributed by atoms with van der Waals surface area (Å²) in [5.74, 6) is -2.13. The van der Waals surface area contributed by atoms with Crippen molar-refractivity contribution in [3.8, 4) is 0 Å². The lowest BCUT2D eigenvalue weighted by atomic mass is 9.94. The number of nitrogens with zero attached hydrogens (tertiary/aromatic N) is 2. The molecule has 154 valence electrons. The molecule has 1 heterocycles. The van der Waals surface area contributed by atoms with Crippen molar-refractivity contribution in [1.82, 2.24) is 0 Å². The van der Waals surface area contributed by atoms with Crippen molar-refractivity contribution in [2.75, 3.05) is 4.90 Å². The van der Waals surface area contributed by atoms with Crippen molar-refractivity contribution in [2.24, 2.45) is 0 Å². The van der Waals surface area contributed by atoms with Gasteiger partial charge in [0.2, 0.25) is 0 Å². The van der Waals surface area contributed by atoms with E-state index in [9.17, 15) is 24.8 Å². The number of benzene rings is 3. The van der Waals surface area contributed by atoms with Crippen molar-refractivity contribution in [3.05, 3.63) is 111 Å². The predicted octanol–water partition coefficient (Wildman–Crippen LogP) is 4.53. The van der Waals surface area contributed by atoms with Crippen molar-refractivity contribution in [2.45, 2.75) is 13.0 Å². The van der Waals surface area contributed by atoms with E-state index in [0.717, 1.165) is 5.56 Å². The molecule has 1 N–H and O–H groups in total. The molecule has 1 aliphatic rings. The summed E-state index contributed by atoms with van der Waals surface area (Å²) in [6.07, 6.45) is 0. The van der Waals surface area contributed by atoms with Gasteiger partial charge in [-0.1, -0.05) is 60.2 Å². The summed E-state index contributed by atoms with van der Waals surface area (Å²) < 4.78 is 0. The van der Waals surface area contributed by atoms with Crippen LogP contribution >= 0.6 is 0 Å². The van der Waals surface area contributed by atoms with Crippen LogP contribution in [0.15, 0.2) is 84.4 Å². The van der Waals surface area contributed by atoms with Gasteiger partial charge in [-0.3, -0.25) is 24.6 Å². The summed E-state index contributed by atoms with van der Waals surface area (Å²) in [7, 11) is 0. The SMILES string of the molecule is Cc1ccc(C(O)=C2C(=O)C(=O)N(c3ccccc3)C2c2ccccc2[N+](=O)[O-])cc1. The van der Waals surface area contributed by atoms with E-state index in [4.69, 9.17) is 0 Å². The molecule has 3 aromatic carbocycles. The Morgan fingerprint density at radius 2 is 1.55 bits per heavy atom. The number of anilines is 1. The molecule has 1 unspecified atom stereocenters. The van der Waals surface area contributed by atoms with Gasteiger partial charge < -0.3 is 5.11 Å². The number of nitro groups is 1. The van der Waals surface area contributed by atoms with Gasteiger partial charge in [0.25, 0.3) is 17.4 Å². The number of rotatable bonds is 4. The van der Waals surface area contributed by atoms with Crippen LogP contribution in [0.3, 0.4) is 0 Å². The topological polar surface area (TPSA) is 101 Å². The number of hydrogen-bond donors (Lipinski definition) is 1. The Kier molecular flexibility index (Phi) is 5.09. The van der Waals surface area contributed by atoms with Gasteiger partial charge in [0.1, 0.15) is 11.8 Å². The second-order valence-corrected chi connectivity index (χ2v) is 7.19. The highest BCUT2D eigenvalue weighted by molar-refractivity contribution is 6.51. The summed E-state index contributed by atoms with van der Waals surface area (Å²) in [6.45, 7) is 1.88. The van der Waals surface area contributed by atoms with Gasteiger partial charge in [-0.25, -0.2) is 0 Å². The number of carbonyl (C=O) groups excluding carboxylic acids is 2. The van der Waals surface area contributed by atoms with Crippen LogP contribution in [0, 0.1) is 17.0 Å². The maximum absolute atomic E-state index is 13.1.